The molecular weight excluding hydrogens is 292 g/mol. The lowest BCUT2D eigenvalue weighted by atomic mass is 9.99. The third kappa shape index (κ3) is 2.59. The fourth-order valence-electron chi connectivity index (χ4n) is 3.07. The van der Waals surface area contributed by atoms with Gasteiger partial charge in [-0.05, 0) is 43.9 Å². The summed E-state index contributed by atoms with van der Waals surface area (Å²) < 4.78 is 0.945. The molecule has 3 nitrogen and oxygen atoms in total. The molecule has 0 spiro atoms. The minimum atomic E-state index is 0.0441. The van der Waals surface area contributed by atoms with Crippen molar-refractivity contribution in [2.45, 2.75) is 43.8 Å². The fourth-order valence-corrected chi connectivity index (χ4v) is 3.47. The van der Waals surface area contributed by atoms with Crippen molar-refractivity contribution < 1.29 is 4.79 Å². The van der Waals surface area contributed by atoms with Crippen LogP contribution in [0.2, 0.25) is 0 Å². The molecule has 2 N–H and O–H groups in total. The Morgan fingerprint density at radius 3 is 2.67 bits per heavy atom. The average Bonchev–Trinajstić information content (AvgIpc) is 2.69. The standard InChI is InChI=1S/C14H17BrN2O/c15-10-3-1-2-9(6-10)14(18)17-13-7-11-4-5-12(8-13)16-11/h1-3,6,11-13,16H,4-5,7-8H2,(H,17,18). The second-order valence-corrected chi connectivity index (χ2v) is 6.21. The van der Waals surface area contributed by atoms with Gasteiger partial charge >= 0.3 is 0 Å². The first-order valence-corrected chi connectivity index (χ1v) is 7.32. The Hall–Kier alpha value is -0.870. The zero-order valence-electron chi connectivity index (χ0n) is 10.2. The molecule has 2 saturated heterocycles. The zero-order chi connectivity index (χ0) is 12.5. The van der Waals surface area contributed by atoms with Crippen LogP contribution in [-0.2, 0) is 0 Å². The normalized spacial score (nSPS) is 30.2. The number of carbonyl (C=O) groups is 1. The molecule has 2 bridgehead atoms. The predicted octanol–water partition coefficient (Wildman–Crippen LogP) is 2.46. The molecule has 2 atom stereocenters. The Kier molecular flexibility index (Phi) is 3.39. The van der Waals surface area contributed by atoms with Crippen LogP contribution in [0.1, 0.15) is 36.0 Å². The Morgan fingerprint density at radius 2 is 2.00 bits per heavy atom. The molecule has 2 aliphatic rings. The third-order valence-corrected chi connectivity index (χ3v) is 4.39. The van der Waals surface area contributed by atoms with Gasteiger partial charge in [-0.3, -0.25) is 4.79 Å². The first kappa shape index (κ1) is 12.2. The van der Waals surface area contributed by atoms with Gasteiger partial charge in [0, 0.05) is 28.2 Å². The molecule has 4 heteroatoms. The maximum Gasteiger partial charge on any atom is 0.251 e. The third-order valence-electron chi connectivity index (χ3n) is 3.90. The highest BCUT2D eigenvalue weighted by Crippen LogP contribution is 2.27. The molecule has 3 rings (SSSR count). The number of nitrogens with one attached hydrogen (secondary N) is 2. The van der Waals surface area contributed by atoms with E-state index in [1.54, 1.807) is 0 Å². The summed E-state index contributed by atoms with van der Waals surface area (Å²) in [5.74, 6) is 0.0441. The van der Waals surface area contributed by atoms with E-state index in [4.69, 9.17) is 0 Å². The van der Waals surface area contributed by atoms with Crippen molar-refractivity contribution in [2.24, 2.45) is 0 Å². The van der Waals surface area contributed by atoms with Gasteiger partial charge in [0.25, 0.3) is 5.91 Å². The lowest BCUT2D eigenvalue weighted by molar-refractivity contribution is 0.0924. The molecule has 2 heterocycles. The van der Waals surface area contributed by atoms with Crippen LogP contribution >= 0.6 is 15.9 Å². The number of hydrogen-bond donors (Lipinski definition) is 2. The maximum atomic E-state index is 12.1. The minimum absolute atomic E-state index is 0.0441. The van der Waals surface area contributed by atoms with Crippen LogP contribution < -0.4 is 10.6 Å². The summed E-state index contributed by atoms with van der Waals surface area (Å²) in [6, 6.07) is 9.09. The van der Waals surface area contributed by atoms with E-state index in [2.05, 4.69) is 26.6 Å². The first-order chi connectivity index (χ1) is 8.70. The molecule has 0 aliphatic carbocycles. The maximum absolute atomic E-state index is 12.1. The van der Waals surface area contributed by atoms with Gasteiger partial charge in [-0.25, -0.2) is 0 Å². The zero-order valence-corrected chi connectivity index (χ0v) is 11.7. The molecule has 2 unspecified atom stereocenters. The molecule has 1 amide bonds. The van der Waals surface area contributed by atoms with E-state index in [1.807, 2.05) is 24.3 Å². The molecule has 0 radical (unpaired) electrons. The van der Waals surface area contributed by atoms with Crippen molar-refractivity contribution >= 4 is 21.8 Å². The summed E-state index contributed by atoms with van der Waals surface area (Å²) in [5.41, 5.74) is 0.732. The van der Waals surface area contributed by atoms with Crippen molar-refractivity contribution in [3.05, 3.63) is 34.3 Å². The Bertz CT molecular complexity index is 451. The second kappa shape index (κ2) is 5.02. The monoisotopic (exact) mass is 308 g/mol. The molecule has 1 aromatic rings. The van der Waals surface area contributed by atoms with Gasteiger partial charge in [0.05, 0.1) is 0 Å². The summed E-state index contributed by atoms with van der Waals surface area (Å²) in [6.07, 6.45) is 4.65. The molecule has 1 aromatic carbocycles. The highest BCUT2D eigenvalue weighted by Gasteiger charge is 2.33. The average molecular weight is 309 g/mol. The van der Waals surface area contributed by atoms with Gasteiger partial charge in [0.1, 0.15) is 0 Å². The predicted molar refractivity (Wildman–Crippen MR) is 74.6 cm³/mol. The summed E-state index contributed by atoms with van der Waals surface area (Å²) in [6.45, 7) is 0. The molecule has 96 valence electrons. The van der Waals surface area contributed by atoms with Gasteiger partial charge in [-0.15, -0.1) is 0 Å². The van der Waals surface area contributed by atoms with E-state index in [-0.39, 0.29) is 5.91 Å². The topological polar surface area (TPSA) is 41.1 Å². The van der Waals surface area contributed by atoms with Crippen molar-refractivity contribution in [1.82, 2.24) is 10.6 Å². The van der Waals surface area contributed by atoms with Gasteiger partial charge < -0.3 is 10.6 Å². The van der Waals surface area contributed by atoms with Gasteiger partial charge in [0.2, 0.25) is 0 Å². The number of rotatable bonds is 2. The van der Waals surface area contributed by atoms with E-state index in [9.17, 15) is 4.79 Å². The number of halogens is 1. The van der Waals surface area contributed by atoms with Crippen LogP contribution in [0.3, 0.4) is 0 Å². The summed E-state index contributed by atoms with van der Waals surface area (Å²) in [5, 5.41) is 6.75. The lowest BCUT2D eigenvalue weighted by Gasteiger charge is -2.29. The van der Waals surface area contributed by atoms with Crippen LogP contribution in [0.15, 0.2) is 28.7 Å². The summed E-state index contributed by atoms with van der Waals surface area (Å²) in [4.78, 5) is 12.1. The van der Waals surface area contributed by atoms with Gasteiger partial charge in [-0.2, -0.15) is 0 Å². The molecule has 0 saturated carbocycles. The summed E-state index contributed by atoms with van der Waals surface area (Å²) >= 11 is 3.39. The van der Waals surface area contributed by atoms with Crippen LogP contribution in [0.25, 0.3) is 0 Å². The first-order valence-electron chi connectivity index (χ1n) is 6.53. The smallest absolute Gasteiger partial charge is 0.251 e. The van der Waals surface area contributed by atoms with Crippen molar-refractivity contribution in [1.29, 1.82) is 0 Å². The van der Waals surface area contributed by atoms with Gasteiger partial charge in [-0.1, -0.05) is 22.0 Å². The number of piperidine rings is 1. The number of fused-ring (bicyclic) bond motifs is 2. The van der Waals surface area contributed by atoms with Crippen LogP contribution in [-0.4, -0.2) is 24.0 Å². The van der Waals surface area contributed by atoms with Crippen molar-refractivity contribution in [3.8, 4) is 0 Å². The van der Waals surface area contributed by atoms with E-state index in [0.717, 1.165) is 22.9 Å². The number of amides is 1. The molecule has 18 heavy (non-hydrogen) atoms. The van der Waals surface area contributed by atoms with Crippen LogP contribution in [0.5, 0.6) is 0 Å². The second-order valence-electron chi connectivity index (χ2n) is 5.29. The van der Waals surface area contributed by atoms with Crippen molar-refractivity contribution in [2.75, 3.05) is 0 Å². The highest BCUT2D eigenvalue weighted by atomic mass is 79.9. The van der Waals surface area contributed by atoms with E-state index >= 15 is 0 Å². The molecule has 2 aliphatic heterocycles. The van der Waals surface area contributed by atoms with Crippen LogP contribution in [0, 0.1) is 0 Å². The van der Waals surface area contributed by atoms with E-state index < -0.39 is 0 Å². The molecule has 0 aromatic heterocycles. The van der Waals surface area contributed by atoms with E-state index in [0.29, 0.717) is 18.1 Å². The quantitative estimate of drug-likeness (QED) is 0.881. The number of hydrogen-bond acceptors (Lipinski definition) is 2. The Balaban J connectivity index is 1.64. The van der Waals surface area contributed by atoms with Crippen molar-refractivity contribution in [3.63, 3.8) is 0 Å². The minimum Gasteiger partial charge on any atom is -0.349 e. The summed E-state index contributed by atoms with van der Waals surface area (Å²) in [7, 11) is 0. The molecular formula is C14H17BrN2O. The highest BCUT2D eigenvalue weighted by molar-refractivity contribution is 9.10. The molecule has 2 fully saturated rings. The Morgan fingerprint density at radius 1 is 1.28 bits per heavy atom. The lowest BCUT2D eigenvalue weighted by Crippen LogP contribution is -2.48. The van der Waals surface area contributed by atoms with E-state index in [1.165, 1.54) is 12.8 Å². The largest absolute Gasteiger partial charge is 0.349 e. The fraction of sp³-hybridized carbons (Fsp3) is 0.500. The number of carbonyl (C=O) groups excluding carboxylic acids is 1. The Labute approximate surface area is 115 Å². The SMILES string of the molecule is O=C(NC1CC2CCC(C1)N2)c1cccc(Br)c1. The van der Waals surface area contributed by atoms with Gasteiger partial charge in [0.15, 0.2) is 0 Å². The number of benzene rings is 1. The van der Waals surface area contributed by atoms with Crippen LogP contribution in [0.4, 0.5) is 0 Å².